The lowest BCUT2D eigenvalue weighted by atomic mass is 10.1. The number of nitrogens with zero attached hydrogens (tertiary/aromatic N) is 1. The van der Waals surface area contributed by atoms with Gasteiger partial charge in [-0.1, -0.05) is 45.4 Å². The lowest BCUT2D eigenvalue weighted by Crippen LogP contribution is -2.17. The number of hydrogen-bond acceptors (Lipinski definition) is 3. The van der Waals surface area contributed by atoms with Crippen LogP contribution in [0, 0.1) is 6.92 Å². The zero-order valence-corrected chi connectivity index (χ0v) is 16.2. The summed E-state index contributed by atoms with van der Waals surface area (Å²) < 4.78 is 1.32. The average molecular weight is 371 g/mol. The first-order valence-corrected chi connectivity index (χ1v) is 9.74. The Balaban J connectivity index is 1.83. The molecule has 0 aliphatic rings. The summed E-state index contributed by atoms with van der Waals surface area (Å²) in [4.78, 5) is 35.1. The summed E-state index contributed by atoms with van der Waals surface area (Å²) in [6, 6.07) is 6.97. The van der Waals surface area contributed by atoms with E-state index in [0.29, 0.717) is 29.8 Å². The van der Waals surface area contributed by atoms with Gasteiger partial charge in [0.2, 0.25) is 5.91 Å². The summed E-state index contributed by atoms with van der Waals surface area (Å²) in [7, 11) is 0. The lowest BCUT2D eigenvalue weighted by Gasteiger charge is -2.07. The van der Waals surface area contributed by atoms with E-state index in [0.717, 1.165) is 12.8 Å². The summed E-state index contributed by atoms with van der Waals surface area (Å²) in [5.41, 5.74) is 1.59. The molecule has 146 valence electrons. The highest BCUT2D eigenvalue weighted by atomic mass is 16.2. The van der Waals surface area contributed by atoms with Crippen LogP contribution in [0.5, 0.6) is 0 Å². The van der Waals surface area contributed by atoms with Crippen molar-refractivity contribution in [2.24, 2.45) is 0 Å². The molecule has 6 heteroatoms. The number of anilines is 1. The molecular formula is C21H29N3O3. The van der Waals surface area contributed by atoms with Crippen LogP contribution >= 0.6 is 0 Å². The molecule has 2 N–H and O–H groups in total. The predicted molar refractivity (Wildman–Crippen MR) is 108 cm³/mol. The number of carbonyl (C=O) groups excluding carboxylic acids is 2. The summed E-state index contributed by atoms with van der Waals surface area (Å²) in [6.07, 6.45) is 9.34. The molecule has 0 saturated heterocycles. The van der Waals surface area contributed by atoms with E-state index in [-0.39, 0.29) is 17.0 Å². The van der Waals surface area contributed by atoms with Crippen LogP contribution in [0.1, 0.15) is 74.3 Å². The van der Waals surface area contributed by atoms with Gasteiger partial charge in [-0.2, -0.15) is 0 Å². The van der Waals surface area contributed by atoms with E-state index in [1.807, 2.05) is 0 Å². The smallest absolute Gasteiger partial charge is 0.282 e. The molecule has 1 aromatic carbocycles. The number of aldehydes is 1. The Morgan fingerprint density at radius 2 is 1.70 bits per heavy atom. The fourth-order valence-electron chi connectivity index (χ4n) is 3.04. The fraction of sp³-hybridized carbons (Fsp3) is 0.476. The third-order valence-corrected chi connectivity index (χ3v) is 4.65. The van der Waals surface area contributed by atoms with Crippen molar-refractivity contribution < 1.29 is 9.59 Å². The van der Waals surface area contributed by atoms with Crippen molar-refractivity contribution in [3.05, 3.63) is 45.9 Å². The third kappa shape index (κ3) is 5.94. The second-order valence-corrected chi connectivity index (χ2v) is 6.88. The molecule has 0 unspecified atom stereocenters. The number of carbonyl (C=O) groups is 2. The van der Waals surface area contributed by atoms with Gasteiger partial charge >= 0.3 is 0 Å². The maximum Gasteiger partial charge on any atom is 0.282 e. The number of aryl methyl sites for hydroxylation is 1. The first-order chi connectivity index (χ1) is 13.1. The SMILES string of the molecule is CCCCCCCCCC(=O)Nc1ccc(-n2[nH]c(C)c(C=O)c2=O)cc1. The van der Waals surface area contributed by atoms with Crippen LogP contribution in [0.4, 0.5) is 5.69 Å². The van der Waals surface area contributed by atoms with Crippen molar-refractivity contribution in [3.63, 3.8) is 0 Å². The van der Waals surface area contributed by atoms with E-state index in [2.05, 4.69) is 17.3 Å². The molecular weight excluding hydrogens is 342 g/mol. The maximum atomic E-state index is 12.1. The molecule has 0 aliphatic heterocycles. The number of benzene rings is 1. The second-order valence-electron chi connectivity index (χ2n) is 6.88. The molecule has 1 aromatic heterocycles. The Morgan fingerprint density at radius 3 is 2.30 bits per heavy atom. The molecule has 27 heavy (non-hydrogen) atoms. The van der Waals surface area contributed by atoms with E-state index in [4.69, 9.17) is 0 Å². The topological polar surface area (TPSA) is 84.0 Å². The number of nitrogens with one attached hydrogen (secondary N) is 2. The number of amides is 1. The van der Waals surface area contributed by atoms with Crippen molar-refractivity contribution >= 4 is 17.9 Å². The minimum atomic E-state index is -0.377. The molecule has 0 aliphatic carbocycles. The fourth-order valence-corrected chi connectivity index (χ4v) is 3.04. The molecule has 0 spiro atoms. The average Bonchev–Trinajstić information content (AvgIpc) is 2.95. The number of rotatable bonds is 11. The van der Waals surface area contributed by atoms with Crippen molar-refractivity contribution in [1.29, 1.82) is 0 Å². The van der Waals surface area contributed by atoms with E-state index < -0.39 is 0 Å². The predicted octanol–water partition coefficient (Wildman–Crippen LogP) is 4.37. The zero-order chi connectivity index (χ0) is 19.6. The summed E-state index contributed by atoms with van der Waals surface area (Å²) in [6.45, 7) is 3.89. The van der Waals surface area contributed by atoms with E-state index in [1.165, 1.54) is 36.8 Å². The number of aromatic nitrogens is 2. The maximum absolute atomic E-state index is 12.1. The molecule has 1 amide bonds. The van der Waals surface area contributed by atoms with Gasteiger partial charge in [0.15, 0.2) is 6.29 Å². The van der Waals surface area contributed by atoms with Gasteiger partial charge in [-0.3, -0.25) is 19.5 Å². The van der Waals surface area contributed by atoms with Crippen LogP contribution in [-0.4, -0.2) is 22.0 Å². The molecule has 0 bridgehead atoms. The molecule has 2 rings (SSSR count). The molecule has 2 aromatic rings. The van der Waals surface area contributed by atoms with Crippen LogP contribution in [-0.2, 0) is 4.79 Å². The highest BCUT2D eigenvalue weighted by molar-refractivity contribution is 5.90. The van der Waals surface area contributed by atoms with Crippen LogP contribution in [0.3, 0.4) is 0 Å². The minimum absolute atomic E-state index is 0.00688. The van der Waals surface area contributed by atoms with E-state index in [1.54, 1.807) is 31.2 Å². The van der Waals surface area contributed by atoms with Gasteiger partial charge < -0.3 is 5.32 Å². The number of hydrogen-bond donors (Lipinski definition) is 2. The Bertz CT molecular complexity index is 803. The highest BCUT2D eigenvalue weighted by Crippen LogP contribution is 2.14. The van der Waals surface area contributed by atoms with Gasteiger partial charge in [-0.25, -0.2) is 4.68 Å². The first kappa shape index (κ1) is 20.7. The van der Waals surface area contributed by atoms with Gasteiger partial charge in [0, 0.05) is 17.8 Å². The van der Waals surface area contributed by atoms with E-state index >= 15 is 0 Å². The Hall–Kier alpha value is -2.63. The van der Waals surface area contributed by atoms with Crippen molar-refractivity contribution in [3.8, 4) is 5.69 Å². The Kier molecular flexibility index (Phi) is 8.04. The first-order valence-electron chi connectivity index (χ1n) is 9.74. The number of unbranched alkanes of at least 4 members (excludes halogenated alkanes) is 6. The minimum Gasteiger partial charge on any atom is -0.326 e. The largest absolute Gasteiger partial charge is 0.326 e. The molecule has 0 atom stereocenters. The number of aromatic amines is 1. The van der Waals surface area contributed by atoms with Gasteiger partial charge in [-0.15, -0.1) is 0 Å². The molecule has 1 heterocycles. The highest BCUT2D eigenvalue weighted by Gasteiger charge is 2.11. The molecule has 0 saturated carbocycles. The van der Waals surface area contributed by atoms with Crippen LogP contribution in [0.25, 0.3) is 5.69 Å². The zero-order valence-electron chi connectivity index (χ0n) is 16.2. The Labute approximate surface area is 160 Å². The normalized spacial score (nSPS) is 10.7. The van der Waals surface area contributed by atoms with Gasteiger partial charge in [0.1, 0.15) is 5.56 Å². The lowest BCUT2D eigenvalue weighted by molar-refractivity contribution is -0.116. The van der Waals surface area contributed by atoms with Gasteiger partial charge in [-0.05, 0) is 37.6 Å². The second kappa shape index (κ2) is 10.5. The van der Waals surface area contributed by atoms with Crippen molar-refractivity contribution in [2.75, 3.05) is 5.32 Å². The monoisotopic (exact) mass is 371 g/mol. The summed E-state index contributed by atoms with van der Waals surface area (Å²) in [5, 5.41) is 5.76. The van der Waals surface area contributed by atoms with Crippen LogP contribution in [0.2, 0.25) is 0 Å². The molecule has 0 fully saturated rings. The van der Waals surface area contributed by atoms with Crippen LogP contribution < -0.4 is 10.9 Å². The third-order valence-electron chi connectivity index (χ3n) is 4.65. The number of H-pyrrole nitrogens is 1. The summed E-state index contributed by atoms with van der Waals surface area (Å²) >= 11 is 0. The quantitative estimate of drug-likeness (QED) is 0.454. The van der Waals surface area contributed by atoms with Crippen molar-refractivity contribution in [2.45, 2.75) is 65.2 Å². The van der Waals surface area contributed by atoms with Crippen LogP contribution in [0.15, 0.2) is 29.1 Å². The summed E-state index contributed by atoms with van der Waals surface area (Å²) in [5.74, 6) is 0.00688. The standard InChI is InChI=1S/C21H29N3O3/c1-3-4-5-6-7-8-9-10-20(26)22-17-11-13-18(14-12-17)24-21(27)19(15-25)16(2)23-24/h11-15,23H,3-10H2,1-2H3,(H,22,26). The Morgan fingerprint density at radius 1 is 1.07 bits per heavy atom. The molecule has 0 radical (unpaired) electrons. The van der Waals surface area contributed by atoms with Crippen molar-refractivity contribution in [1.82, 2.24) is 9.78 Å². The van der Waals surface area contributed by atoms with Gasteiger partial charge in [0.25, 0.3) is 5.56 Å². The van der Waals surface area contributed by atoms with E-state index in [9.17, 15) is 14.4 Å². The molecule has 6 nitrogen and oxygen atoms in total. The van der Waals surface area contributed by atoms with Gasteiger partial charge in [0.05, 0.1) is 5.69 Å².